The molecule has 0 amide bonds. The lowest BCUT2D eigenvalue weighted by Crippen LogP contribution is -1.82. The number of hydrogen-bond donors (Lipinski definition) is 0. The van der Waals surface area contributed by atoms with Gasteiger partial charge in [-0.1, -0.05) is 35.7 Å². The van der Waals surface area contributed by atoms with Gasteiger partial charge in [0.05, 0.1) is 0 Å². The summed E-state index contributed by atoms with van der Waals surface area (Å²) in [5.41, 5.74) is 0. The van der Waals surface area contributed by atoms with Crippen molar-refractivity contribution in [1.29, 1.82) is 0 Å². The molecule has 0 spiro atoms. The fourth-order valence-corrected chi connectivity index (χ4v) is 1.05. The van der Waals surface area contributed by atoms with Crippen LogP contribution in [-0.2, 0) is 0 Å². The minimum atomic E-state index is 1.22. The zero-order chi connectivity index (χ0) is 5.70. The molecular weight excluding hydrogens is 168 g/mol. The quantitative estimate of drug-likeness (QED) is 0.576. The predicted octanol–water partition coefficient (Wildman–Crippen LogP) is 1.43. The molecule has 1 radical (unpaired) electrons. The molecule has 0 unspecified atom stereocenters. The van der Waals surface area contributed by atoms with Gasteiger partial charge in [0, 0.05) is 14.7 Å². The van der Waals surface area contributed by atoms with E-state index >= 15 is 0 Å². The summed E-state index contributed by atoms with van der Waals surface area (Å²) in [6, 6.07) is 0. The van der Waals surface area contributed by atoms with E-state index in [1.54, 1.807) is 0 Å². The summed E-state index contributed by atoms with van der Waals surface area (Å²) in [6.45, 7) is 2.22. The fraction of sp³-hybridized carbons (Fsp3) is 0.800. The van der Waals surface area contributed by atoms with Gasteiger partial charge in [0.1, 0.15) is 0 Å². The van der Waals surface area contributed by atoms with Gasteiger partial charge in [0.2, 0.25) is 0 Å². The van der Waals surface area contributed by atoms with Gasteiger partial charge in [-0.05, 0) is 6.42 Å². The fourth-order valence-electron chi connectivity index (χ4n) is 0.420. The number of unbranched alkanes of at least 4 members (excludes halogenated alkanes) is 1. The Hall–Kier alpha value is 0.697. The first-order valence-electron chi connectivity index (χ1n) is 2.75. The second kappa shape index (κ2) is 4.85. The zero-order valence-electron chi connectivity index (χ0n) is 5.00. The SMILES string of the molecule is CCCC[C]([SiH3])Br. The molecule has 0 aliphatic rings. The van der Waals surface area contributed by atoms with Crippen LogP contribution in [0, 0.1) is 4.45 Å². The van der Waals surface area contributed by atoms with Crippen molar-refractivity contribution in [2.45, 2.75) is 26.2 Å². The smallest absolute Gasteiger partial charge is 0.0254 e. The van der Waals surface area contributed by atoms with E-state index < -0.39 is 0 Å². The first-order chi connectivity index (χ1) is 3.27. The van der Waals surface area contributed by atoms with Crippen molar-refractivity contribution in [3.8, 4) is 0 Å². The monoisotopic (exact) mass is 179 g/mol. The molecule has 0 nitrogen and oxygen atoms in total. The Labute approximate surface area is 57.2 Å². The minimum absolute atomic E-state index is 1.22. The van der Waals surface area contributed by atoms with Crippen molar-refractivity contribution >= 4 is 26.2 Å². The molecule has 0 heterocycles. The summed E-state index contributed by atoms with van der Waals surface area (Å²) in [7, 11) is 1.22. The van der Waals surface area contributed by atoms with Gasteiger partial charge in [-0.3, -0.25) is 0 Å². The molecule has 0 aliphatic carbocycles. The molecule has 0 saturated heterocycles. The summed E-state index contributed by atoms with van der Waals surface area (Å²) in [5, 5.41) is 0. The number of halogens is 1. The highest BCUT2D eigenvalue weighted by Crippen LogP contribution is 2.12. The van der Waals surface area contributed by atoms with Crippen LogP contribution in [0.15, 0.2) is 0 Å². The van der Waals surface area contributed by atoms with Gasteiger partial charge in [-0.2, -0.15) is 0 Å². The minimum Gasteiger partial charge on any atom is -0.0888 e. The molecule has 2 heteroatoms. The van der Waals surface area contributed by atoms with Gasteiger partial charge in [-0.15, -0.1) is 0 Å². The summed E-state index contributed by atoms with van der Waals surface area (Å²) in [4.78, 5) is 0. The van der Waals surface area contributed by atoms with Gasteiger partial charge >= 0.3 is 0 Å². The van der Waals surface area contributed by atoms with Crippen LogP contribution < -0.4 is 0 Å². The first-order valence-corrected chi connectivity index (χ1v) is 4.54. The summed E-state index contributed by atoms with van der Waals surface area (Å²) in [5.74, 6) is 0. The average molecular weight is 180 g/mol. The first kappa shape index (κ1) is 7.70. The lowest BCUT2D eigenvalue weighted by atomic mass is 10.3. The molecule has 7 heavy (non-hydrogen) atoms. The Bertz CT molecular complexity index is 37.1. The van der Waals surface area contributed by atoms with Crippen molar-refractivity contribution in [2.75, 3.05) is 0 Å². The Morgan fingerprint density at radius 3 is 2.43 bits per heavy atom. The molecule has 0 fully saturated rings. The van der Waals surface area contributed by atoms with Crippen LogP contribution in [0.5, 0.6) is 0 Å². The summed E-state index contributed by atoms with van der Waals surface area (Å²) in [6.07, 6.45) is 3.96. The molecule has 0 bridgehead atoms. The van der Waals surface area contributed by atoms with E-state index in [9.17, 15) is 0 Å². The highest BCUT2D eigenvalue weighted by atomic mass is 79.9. The van der Waals surface area contributed by atoms with Crippen LogP contribution >= 0.6 is 15.9 Å². The van der Waals surface area contributed by atoms with E-state index in [1.165, 1.54) is 34.0 Å². The van der Waals surface area contributed by atoms with E-state index in [4.69, 9.17) is 0 Å². The van der Waals surface area contributed by atoms with Crippen molar-refractivity contribution in [3.05, 3.63) is 4.45 Å². The maximum atomic E-state index is 3.45. The highest BCUT2D eigenvalue weighted by Gasteiger charge is 1.91. The third-order valence-corrected chi connectivity index (χ3v) is 1.77. The normalized spacial score (nSPS) is 10.7. The Morgan fingerprint density at radius 2 is 2.29 bits per heavy atom. The van der Waals surface area contributed by atoms with E-state index in [2.05, 4.69) is 22.9 Å². The topological polar surface area (TPSA) is 0 Å². The largest absolute Gasteiger partial charge is 0.0888 e. The third kappa shape index (κ3) is 6.70. The second-order valence-electron chi connectivity index (χ2n) is 1.78. The molecule has 0 aromatic carbocycles. The van der Waals surface area contributed by atoms with Crippen LogP contribution in [-0.4, -0.2) is 10.2 Å². The Morgan fingerprint density at radius 1 is 1.71 bits per heavy atom. The molecule has 0 aromatic rings. The lowest BCUT2D eigenvalue weighted by molar-refractivity contribution is 0.799. The second-order valence-corrected chi connectivity index (χ2v) is 5.80. The lowest BCUT2D eigenvalue weighted by Gasteiger charge is -1.96. The maximum Gasteiger partial charge on any atom is 0.0254 e. The van der Waals surface area contributed by atoms with E-state index in [-0.39, 0.29) is 0 Å². The van der Waals surface area contributed by atoms with E-state index in [0.717, 1.165) is 0 Å². The number of hydrogen-bond acceptors (Lipinski definition) is 0. The summed E-state index contributed by atoms with van der Waals surface area (Å²) >= 11 is 3.45. The van der Waals surface area contributed by atoms with E-state index in [0.29, 0.717) is 0 Å². The molecule has 0 saturated carbocycles. The van der Waals surface area contributed by atoms with Crippen molar-refractivity contribution in [1.82, 2.24) is 0 Å². The van der Waals surface area contributed by atoms with Crippen LogP contribution in [0.3, 0.4) is 0 Å². The van der Waals surface area contributed by atoms with Crippen LogP contribution in [0.4, 0.5) is 0 Å². The molecule has 0 aliphatic heterocycles. The van der Waals surface area contributed by atoms with Crippen molar-refractivity contribution in [2.24, 2.45) is 0 Å². The van der Waals surface area contributed by atoms with Crippen molar-refractivity contribution in [3.63, 3.8) is 0 Å². The molecule has 0 rings (SSSR count). The van der Waals surface area contributed by atoms with Gasteiger partial charge in [0.15, 0.2) is 0 Å². The molecule has 0 atom stereocenters. The molecule has 0 aromatic heterocycles. The van der Waals surface area contributed by atoms with Gasteiger partial charge in [0.25, 0.3) is 0 Å². The zero-order valence-corrected chi connectivity index (χ0v) is 8.59. The molecule has 0 N–H and O–H groups in total. The number of rotatable bonds is 3. The Kier molecular flexibility index (Phi) is 5.33. The summed E-state index contributed by atoms with van der Waals surface area (Å²) < 4.78 is 1.51. The maximum absolute atomic E-state index is 3.45. The standard InChI is InChI=1S/C5H12BrSi/c1-2-3-4-5(6)7/h2-4H2,1,7H3. The highest BCUT2D eigenvalue weighted by molar-refractivity contribution is 9.11. The van der Waals surface area contributed by atoms with Crippen LogP contribution in [0.2, 0.25) is 0 Å². The van der Waals surface area contributed by atoms with Crippen LogP contribution in [0.1, 0.15) is 26.2 Å². The average Bonchev–Trinajstić information content (AvgIpc) is 1.61. The molecule has 43 valence electrons. The van der Waals surface area contributed by atoms with Gasteiger partial charge in [-0.25, -0.2) is 0 Å². The Balaban J connectivity index is 2.68. The van der Waals surface area contributed by atoms with Crippen LogP contribution in [0.25, 0.3) is 0 Å². The van der Waals surface area contributed by atoms with Gasteiger partial charge < -0.3 is 0 Å². The predicted molar refractivity (Wildman–Crippen MR) is 41.6 cm³/mol. The molecular formula is C5H12BrSi. The van der Waals surface area contributed by atoms with Crippen molar-refractivity contribution < 1.29 is 0 Å². The van der Waals surface area contributed by atoms with E-state index in [1.807, 2.05) is 0 Å². The third-order valence-electron chi connectivity index (χ3n) is 0.875.